The molecule has 16 heteroatoms. The average Bonchev–Trinajstić information content (AvgIpc) is 3.57. The lowest BCUT2D eigenvalue weighted by atomic mass is 10.1. The molecule has 0 amide bonds. The predicted octanol–water partition coefficient (Wildman–Crippen LogP) is 2.73. The van der Waals surface area contributed by atoms with Gasteiger partial charge in [0.25, 0.3) is 0 Å². The second-order valence-corrected chi connectivity index (χ2v) is 11.2. The molecule has 0 spiro atoms. The standard InChI is InChI=1S/C24H29N6O9P/c1-12(2)34-23(31)13(3)29-40(33,39-15-8-6-5-7-9-15)38-14(4)17-18-19(37-24(32)36-18)22(35-17)30-11-28-16-20(25)26-10-27-21(16)30/h5-14,17-19,22H,1-4H3,(H,29,33)(H2,25,26,27)/t13?,14?,17-,18?,19?,22-,40?/m1/s1. The maximum Gasteiger partial charge on any atom is 0.509 e. The van der Waals surface area contributed by atoms with Crippen LogP contribution in [0.3, 0.4) is 0 Å². The van der Waals surface area contributed by atoms with Gasteiger partial charge >= 0.3 is 19.9 Å². The SMILES string of the molecule is CC(C)OC(=O)C(C)NP(=O)(Oc1ccccc1)OC(C)[C@H]1O[C@@H](n2cnc3c(N)ncnc32)C2OC(=O)OC21. The Morgan fingerprint density at radius 3 is 2.55 bits per heavy atom. The van der Waals surface area contributed by atoms with Crippen LogP contribution >= 0.6 is 7.75 Å². The van der Waals surface area contributed by atoms with E-state index in [-0.39, 0.29) is 17.7 Å². The van der Waals surface area contributed by atoms with Gasteiger partial charge in [0.2, 0.25) is 0 Å². The number of nitrogen functional groups attached to an aromatic ring is 1. The zero-order valence-corrected chi connectivity index (χ0v) is 23.0. The Morgan fingerprint density at radius 2 is 1.82 bits per heavy atom. The number of nitrogens with zero attached hydrogens (tertiary/aromatic N) is 4. The number of hydrogen-bond donors (Lipinski definition) is 2. The van der Waals surface area contributed by atoms with Gasteiger partial charge in [0, 0.05) is 0 Å². The van der Waals surface area contributed by atoms with Crippen LogP contribution in [0.5, 0.6) is 5.75 Å². The summed E-state index contributed by atoms with van der Waals surface area (Å²) in [5.74, 6) is -0.246. The Hall–Kier alpha value is -3.78. The first kappa shape index (κ1) is 27.8. The van der Waals surface area contributed by atoms with E-state index in [2.05, 4.69) is 20.0 Å². The molecule has 0 saturated carbocycles. The monoisotopic (exact) mass is 576 g/mol. The molecule has 2 saturated heterocycles. The maximum absolute atomic E-state index is 14.0. The third kappa shape index (κ3) is 5.59. The van der Waals surface area contributed by atoms with Crippen molar-refractivity contribution in [2.75, 3.05) is 5.73 Å². The smallest absolute Gasteiger partial charge is 0.462 e. The highest BCUT2D eigenvalue weighted by Gasteiger charge is 2.58. The normalized spacial score (nSPS) is 25.1. The number of nitrogens with two attached hydrogens (primary N) is 1. The molecule has 214 valence electrons. The van der Waals surface area contributed by atoms with Gasteiger partial charge in [-0.3, -0.25) is 13.9 Å². The minimum atomic E-state index is -4.25. The van der Waals surface area contributed by atoms with Gasteiger partial charge in [0.1, 0.15) is 29.7 Å². The summed E-state index contributed by atoms with van der Waals surface area (Å²) >= 11 is 0. The lowest BCUT2D eigenvalue weighted by molar-refractivity contribution is -0.149. The molecule has 5 unspecified atom stereocenters. The van der Waals surface area contributed by atoms with Crippen LogP contribution in [0.25, 0.3) is 11.2 Å². The fourth-order valence-corrected chi connectivity index (χ4v) is 6.13. The summed E-state index contributed by atoms with van der Waals surface area (Å²) in [6.45, 7) is 6.44. The molecule has 1 aromatic carbocycles. The summed E-state index contributed by atoms with van der Waals surface area (Å²) in [5.41, 5.74) is 6.60. The van der Waals surface area contributed by atoms with Gasteiger partial charge < -0.3 is 29.2 Å². The number of carbonyl (C=O) groups excluding carboxylic acids is 2. The number of fused-ring (bicyclic) bond motifs is 2. The molecule has 2 aromatic heterocycles. The van der Waals surface area contributed by atoms with Crippen LogP contribution in [0.4, 0.5) is 10.6 Å². The van der Waals surface area contributed by atoms with Gasteiger partial charge in [-0.2, -0.15) is 5.09 Å². The molecule has 4 heterocycles. The Labute approximate surface area is 228 Å². The molecule has 3 N–H and O–H groups in total. The van der Waals surface area contributed by atoms with Gasteiger partial charge in [-0.25, -0.2) is 24.3 Å². The van der Waals surface area contributed by atoms with Crippen LogP contribution in [0.1, 0.15) is 33.9 Å². The van der Waals surface area contributed by atoms with Crippen molar-refractivity contribution in [1.82, 2.24) is 24.6 Å². The minimum Gasteiger partial charge on any atom is -0.462 e. The maximum atomic E-state index is 14.0. The molecule has 0 aliphatic carbocycles. The van der Waals surface area contributed by atoms with Gasteiger partial charge in [0.05, 0.1) is 18.5 Å². The first-order chi connectivity index (χ1) is 19.0. The number of hydrogen-bond acceptors (Lipinski definition) is 13. The molecular weight excluding hydrogens is 547 g/mol. The molecule has 0 radical (unpaired) electrons. The Morgan fingerprint density at radius 1 is 1.10 bits per heavy atom. The van der Waals surface area contributed by atoms with Crippen molar-refractivity contribution in [3.05, 3.63) is 43.0 Å². The van der Waals surface area contributed by atoms with Gasteiger partial charge in [-0.05, 0) is 39.8 Å². The number of carbonyl (C=O) groups is 2. The Bertz CT molecular complexity index is 1440. The summed E-state index contributed by atoms with van der Waals surface area (Å²) in [6.07, 6.45) is -3.30. The number of imidazole rings is 1. The number of benzene rings is 1. The molecule has 2 aliphatic rings. The minimum absolute atomic E-state index is 0.168. The number of nitrogens with one attached hydrogen (secondary N) is 1. The second-order valence-electron chi connectivity index (χ2n) is 9.54. The largest absolute Gasteiger partial charge is 0.509 e. The number of rotatable bonds is 10. The molecule has 2 aliphatic heterocycles. The van der Waals surface area contributed by atoms with E-state index in [1.165, 1.54) is 19.6 Å². The van der Waals surface area contributed by atoms with Crippen LogP contribution < -0.4 is 15.3 Å². The fraction of sp³-hybridized carbons (Fsp3) is 0.458. The van der Waals surface area contributed by atoms with Gasteiger partial charge in [-0.15, -0.1) is 0 Å². The Kier molecular flexibility index (Phi) is 7.64. The highest BCUT2D eigenvalue weighted by atomic mass is 31.2. The van der Waals surface area contributed by atoms with Crippen molar-refractivity contribution < 1.29 is 42.1 Å². The van der Waals surface area contributed by atoms with Crippen molar-refractivity contribution in [2.45, 2.75) is 70.5 Å². The van der Waals surface area contributed by atoms with E-state index in [4.69, 9.17) is 33.7 Å². The zero-order chi connectivity index (χ0) is 28.6. The molecule has 2 fully saturated rings. The fourth-order valence-electron chi connectivity index (χ4n) is 4.43. The van der Waals surface area contributed by atoms with E-state index >= 15 is 0 Å². The van der Waals surface area contributed by atoms with E-state index in [1.807, 2.05) is 0 Å². The molecule has 3 aromatic rings. The summed E-state index contributed by atoms with van der Waals surface area (Å²) in [5, 5.41) is 2.63. The van der Waals surface area contributed by atoms with Crippen LogP contribution in [-0.2, 0) is 32.8 Å². The molecule has 7 atom stereocenters. The third-order valence-electron chi connectivity index (χ3n) is 6.14. The summed E-state index contributed by atoms with van der Waals surface area (Å²) in [4.78, 5) is 37.0. The first-order valence-electron chi connectivity index (χ1n) is 12.5. The molecular formula is C24H29N6O9P. The molecule has 15 nitrogen and oxygen atoms in total. The van der Waals surface area contributed by atoms with E-state index in [1.54, 1.807) is 55.7 Å². The van der Waals surface area contributed by atoms with Crippen LogP contribution in [-0.4, -0.2) is 68.2 Å². The van der Waals surface area contributed by atoms with Crippen molar-refractivity contribution in [3.63, 3.8) is 0 Å². The van der Waals surface area contributed by atoms with E-state index in [9.17, 15) is 14.2 Å². The van der Waals surface area contributed by atoms with E-state index in [0.717, 1.165) is 0 Å². The lowest BCUT2D eigenvalue weighted by Gasteiger charge is -2.29. The number of aromatic nitrogens is 4. The molecule has 0 bridgehead atoms. The average molecular weight is 577 g/mol. The van der Waals surface area contributed by atoms with E-state index < -0.39 is 56.6 Å². The highest BCUT2D eigenvalue weighted by molar-refractivity contribution is 7.52. The van der Waals surface area contributed by atoms with Crippen LogP contribution in [0, 0.1) is 0 Å². The molecule has 5 rings (SSSR count). The first-order valence-corrected chi connectivity index (χ1v) is 14.1. The van der Waals surface area contributed by atoms with Crippen LogP contribution in [0.2, 0.25) is 0 Å². The Balaban J connectivity index is 1.40. The number of anilines is 1. The third-order valence-corrected chi connectivity index (χ3v) is 7.91. The zero-order valence-electron chi connectivity index (χ0n) is 22.1. The topological polar surface area (TPSA) is 188 Å². The van der Waals surface area contributed by atoms with Crippen molar-refractivity contribution in [2.24, 2.45) is 0 Å². The van der Waals surface area contributed by atoms with Gasteiger partial charge in [-0.1, -0.05) is 18.2 Å². The quantitative estimate of drug-likeness (QED) is 0.265. The number of para-hydroxylation sites is 1. The van der Waals surface area contributed by atoms with Crippen molar-refractivity contribution in [3.8, 4) is 5.75 Å². The summed E-state index contributed by atoms with van der Waals surface area (Å²) in [7, 11) is -4.25. The number of ether oxygens (including phenoxy) is 4. The van der Waals surface area contributed by atoms with Crippen LogP contribution in [0.15, 0.2) is 43.0 Å². The predicted molar refractivity (Wildman–Crippen MR) is 138 cm³/mol. The lowest BCUT2D eigenvalue weighted by Crippen LogP contribution is -2.41. The summed E-state index contributed by atoms with van der Waals surface area (Å²) < 4.78 is 49.5. The molecule has 40 heavy (non-hydrogen) atoms. The summed E-state index contributed by atoms with van der Waals surface area (Å²) in [6, 6.07) is 7.26. The number of esters is 1. The van der Waals surface area contributed by atoms with Crippen molar-refractivity contribution >= 4 is 36.9 Å². The highest BCUT2D eigenvalue weighted by Crippen LogP contribution is 2.49. The van der Waals surface area contributed by atoms with Gasteiger partial charge in [0.15, 0.2) is 29.9 Å². The second kappa shape index (κ2) is 11.0. The van der Waals surface area contributed by atoms with Crippen molar-refractivity contribution in [1.29, 1.82) is 0 Å². The van der Waals surface area contributed by atoms with E-state index in [0.29, 0.717) is 11.2 Å².